The minimum Gasteiger partial charge on any atom is -0.390 e. The molecule has 0 saturated heterocycles. The molecule has 3 rings (SSSR count). The third-order valence-electron chi connectivity index (χ3n) is 3.60. The molecule has 1 atom stereocenters. The molecular weight excluding hydrogens is 402 g/mol. The van der Waals surface area contributed by atoms with E-state index in [2.05, 4.69) is 15.5 Å². The molecule has 0 saturated carbocycles. The largest absolute Gasteiger partial charge is 0.390 e. The molecule has 8 heteroatoms. The Morgan fingerprint density at radius 2 is 2.07 bits per heavy atom. The number of nitrogens with zero attached hydrogens (tertiary/aromatic N) is 2. The topological polar surface area (TPSA) is 67.3 Å². The highest BCUT2D eigenvalue weighted by atomic mass is 35.5. The van der Waals surface area contributed by atoms with E-state index in [4.69, 9.17) is 16.3 Å². The molecule has 0 radical (unpaired) electrons. The van der Waals surface area contributed by atoms with E-state index in [1.807, 2.05) is 55.5 Å². The number of aliphatic hydroxyl groups excluding tert-OH is 1. The summed E-state index contributed by atoms with van der Waals surface area (Å²) in [5.74, 6) is 0.488. The van der Waals surface area contributed by atoms with Crippen molar-refractivity contribution >= 4 is 45.5 Å². The number of aromatic nitrogens is 2. The summed E-state index contributed by atoms with van der Waals surface area (Å²) >= 11 is 9.00. The molecule has 5 nitrogen and oxygen atoms in total. The molecule has 0 bridgehead atoms. The first-order chi connectivity index (χ1) is 13.1. The van der Waals surface area contributed by atoms with Crippen LogP contribution in [0.3, 0.4) is 0 Å². The van der Waals surface area contributed by atoms with Crippen molar-refractivity contribution in [3.63, 3.8) is 0 Å². The molecule has 142 valence electrons. The Morgan fingerprint density at radius 3 is 2.89 bits per heavy atom. The lowest BCUT2D eigenvalue weighted by Gasteiger charge is -2.10. The van der Waals surface area contributed by atoms with Crippen LogP contribution in [0.2, 0.25) is 5.02 Å². The Kier molecular flexibility index (Phi) is 7.49. The molecule has 27 heavy (non-hydrogen) atoms. The van der Waals surface area contributed by atoms with E-state index >= 15 is 0 Å². The van der Waals surface area contributed by atoms with Gasteiger partial charge in [-0.05, 0) is 36.2 Å². The number of hydrogen-bond donors (Lipinski definition) is 2. The molecular formula is C19H20ClN3O2S2. The number of ether oxygens (including phenoxy) is 1. The SMILES string of the molecule is Cc1cccc(Nc2nnc(SCC(O)COCc3ccccc3Cl)s2)c1. The van der Waals surface area contributed by atoms with E-state index in [0.29, 0.717) is 17.4 Å². The van der Waals surface area contributed by atoms with Crippen molar-refractivity contribution < 1.29 is 9.84 Å². The number of aryl methyl sites for hydroxylation is 1. The van der Waals surface area contributed by atoms with Gasteiger partial charge in [0.25, 0.3) is 0 Å². The van der Waals surface area contributed by atoms with Crippen LogP contribution in [0.1, 0.15) is 11.1 Å². The third-order valence-corrected chi connectivity index (χ3v) is 6.09. The fourth-order valence-corrected chi connectivity index (χ4v) is 4.20. The van der Waals surface area contributed by atoms with Crippen LogP contribution in [0, 0.1) is 6.92 Å². The number of benzene rings is 2. The quantitative estimate of drug-likeness (QED) is 0.478. The molecule has 0 aliphatic heterocycles. The van der Waals surface area contributed by atoms with Crippen LogP contribution in [0.25, 0.3) is 0 Å². The van der Waals surface area contributed by atoms with Gasteiger partial charge in [-0.1, -0.05) is 65.0 Å². The number of halogens is 1. The number of rotatable bonds is 9. The summed E-state index contributed by atoms with van der Waals surface area (Å²) in [7, 11) is 0. The first kappa shape index (κ1) is 20.1. The molecule has 0 fully saturated rings. The fraction of sp³-hybridized carbons (Fsp3) is 0.263. The van der Waals surface area contributed by atoms with Crippen LogP contribution < -0.4 is 5.32 Å². The molecule has 1 heterocycles. The minimum absolute atomic E-state index is 0.241. The third kappa shape index (κ3) is 6.48. The number of hydrogen-bond acceptors (Lipinski definition) is 7. The highest BCUT2D eigenvalue weighted by Gasteiger charge is 2.10. The van der Waals surface area contributed by atoms with Crippen LogP contribution in [0.4, 0.5) is 10.8 Å². The zero-order chi connectivity index (χ0) is 19.1. The normalized spacial score (nSPS) is 12.1. The Labute approximate surface area is 171 Å². The smallest absolute Gasteiger partial charge is 0.210 e. The Bertz CT molecular complexity index is 875. The standard InChI is InChI=1S/C19H20ClN3O2S2/c1-13-5-4-7-15(9-13)21-18-22-23-19(27-18)26-12-16(24)11-25-10-14-6-2-3-8-17(14)20/h2-9,16,24H,10-12H2,1H3,(H,21,22). The monoisotopic (exact) mass is 421 g/mol. The summed E-state index contributed by atoms with van der Waals surface area (Å²) in [4.78, 5) is 0. The fourth-order valence-electron chi connectivity index (χ4n) is 2.30. The van der Waals surface area contributed by atoms with Crippen molar-refractivity contribution in [3.05, 3.63) is 64.7 Å². The number of nitrogens with one attached hydrogen (secondary N) is 1. The van der Waals surface area contributed by atoms with Gasteiger partial charge in [-0.15, -0.1) is 10.2 Å². The lowest BCUT2D eigenvalue weighted by molar-refractivity contribution is 0.0398. The van der Waals surface area contributed by atoms with Crippen LogP contribution in [0.15, 0.2) is 52.9 Å². The first-order valence-corrected chi connectivity index (χ1v) is 10.6. The summed E-state index contributed by atoms with van der Waals surface area (Å²) in [6.07, 6.45) is -0.588. The molecule has 1 unspecified atom stereocenters. The lowest BCUT2D eigenvalue weighted by atomic mass is 10.2. The van der Waals surface area contributed by atoms with Crippen molar-refractivity contribution in [2.24, 2.45) is 0 Å². The number of thioether (sulfide) groups is 1. The second-order valence-electron chi connectivity index (χ2n) is 5.94. The first-order valence-electron chi connectivity index (χ1n) is 8.39. The van der Waals surface area contributed by atoms with Crippen molar-refractivity contribution in [2.75, 3.05) is 17.7 Å². The summed E-state index contributed by atoms with van der Waals surface area (Å²) < 4.78 is 6.35. The summed E-state index contributed by atoms with van der Waals surface area (Å²) in [5, 5.41) is 23.0. The van der Waals surface area contributed by atoms with Crippen LogP contribution >= 0.6 is 34.7 Å². The van der Waals surface area contributed by atoms with Gasteiger partial charge in [-0.25, -0.2) is 0 Å². The second-order valence-corrected chi connectivity index (χ2v) is 8.59. The van der Waals surface area contributed by atoms with E-state index in [1.54, 1.807) is 0 Å². The van der Waals surface area contributed by atoms with E-state index in [1.165, 1.54) is 28.7 Å². The van der Waals surface area contributed by atoms with Crippen LogP contribution in [-0.2, 0) is 11.3 Å². The predicted octanol–water partition coefficient (Wildman–Crippen LogP) is 4.91. The van der Waals surface area contributed by atoms with Gasteiger partial charge in [0.15, 0.2) is 4.34 Å². The molecule has 1 aromatic heterocycles. The van der Waals surface area contributed by atoms with Gasteiger partial charge in [-0.3, -0.25) is 0 Å². The molecule has 2 N–H and O–H groups in total. The van der Waals surface area contributed by atoms with Crippen molar-refractivity contribution in [2.45, 2.75) is 24.0 Å². The molecule has 0 spiro atoms. The second kappa shape index (κ2) is 10.1. The maximum atomic E-state index is 10.1. The van der Waals surface area contributed by atoms with E-state index < -0.39 is 6.10 Å². The van der Waals surface area contributed by atoms with Gasteiger partial charge < -0.3 is 15.2 Å². The average Bonchev–Trinajstić information content (AvgIpc) is 3.09. The van der Waals surface area contributed by atoms with Gasteiger partial charge in [0, 0.05) is 16.5 Å². The van der Waals surface area contributed by atoms with E-state index in [9.17, 15) is 5.11 Å². The molecule has 0 amide bonds. The van der Waals surface area contributed by atoms with Gasteiger partial charge >= 0.3 is 0 Å². The van der Waals surface area contributed by atoms with Crippen molar-refractivity contribution in [1.82, 2.24) is 10.2 Å². The van der Waals surface area contributed by atoms with E-state index in [-0.39, 0.29) is 6.61 Å². The minimum atomic E-state index is -0.588. The highest BCUT2D eigenvalue weighted by molar-refractivity contribution is 8.01. The number of anilines is 2. The Hall–Kier alpha value is -1.64. The van der Waals surface area contributed by atoms with Crippen molar-refractivity contribution in [3.8, 4) is 0 Å². The van der Waals surface area contributed by atoms with Crippen molar-refractivity contribution in [1.29, 1.82) is 0 Å². The molecule has 2 aromatic carbocycles. The summed E-state index contributed by atoms with van der Waals surface area (Å²) in [6.45, 7) is 2.66. The summed E-state index contributed by atoms with van der Waals surface area (Å²) in [6, 6.07) is 15.6. The summed E-state index contributed by atoms with van der Waals surface area (Å²) in [5.41, 5.74) is 3.07. The van der Waals surface area contributed by atoms with Crippen LogP contribution in [0.5, 0.6) is 0 Å². The molecule has 3 aromatic rings. The molecule has 0 aliphatic rings. The van der Waals surface area contributed by atoms with Gasteiger partial charge in [0.05, 0.1) is 19.3 Å². The Balaban J connectivity index is 1.41. The van der Waals surface area contributed by atoms with Crippen LogP contribution in [-0.4, -0.2) is 33.8 Å². The van der Waals surface area contributed by atoms with Gasteiger partial charge in [0.1, 0.15) is 0 Å². The maximum Gasteiger partial charge on any atom is 0.210 e. The zero-order valence-corrected chi connectivity index (χ0v) is 17.2. The highest BCUT2D eigenvalue weighted by Crippen LogP contribution is 2.28. The van der Waals surface area contributed by atoms with Gasteiger partial charge in [0.2, 0.25) is 5.13 Å². The number of aliphatic hydroxyl groups is 1. The Morgan fingerprint density at radius 1 is 1.22 bits per heavy atom. The average molecular weight is 422 g/mol. The van der Waals surface area contributed by atoms with Gasteiger partial charge in [-0.2, -0.15) is 0 Å². The maximum absolute atomic E-state index is 10.1. The lowest BCUT2D eigenvalue weighted by Crippen LogP contribution is -2.17. The molecule has 0 aliphatic carbocycles. The zero-order valence-electron chi connectivity index (χ0n) is 14.8. The predicted molar refractivity (Wildman–Crippen MR) is 112 cm³/mol. The van der Waals surface area contributed by atoms with E-state index in [0.717, 1.165) is 20.7 Å².